The number of aryl methyl sites for hydroxylation is 1. The second kappa shape index (κ2) is 10.4. The summed E-state index contributed by atoms with van der Waals surface area (Å²) in [5.41, 5.74) is 2.92. The number of hydrogen-bond acceptors (Lipinski definition) is 7. The van der Waals surface area contributed by atoms with E-state index in [-0.39, 0.29) is 23.7 Å². The van der Waals surface area contributed by atoms with E-state index < -0.39 is 17.9 Å². The van der Waals surface area contributed by atoms with Crippen molar-refractivity contribution in [1.82, 2.24) is 15.5 Å². The third-order valence-electron chi connectivity index (χ3n) is 4.74. The van der Waals surface area contributed by atoms with E-state index in [1.165, 1.54) is 7.11 Å². The van der Waals surface area contributed by atoms with E-state index in [1.54, 1.807) is 38.1 Å². The van der Waals surface area contributed by atoms with Gasteiger partial charge in [-0.15, -0.1) is 0 Å². The molecule has 0 bridgehead atoms. The Hall–Kier alpha value is -4.21. The Morgan fingerprint density at radius 3 is 2.06 bits per heavy atom. The number of benzene rings is 2. The first kappa shape index (κ1) is 23.5. The molecule has 10 nitrogen and oxygen atoms in total. The summed E-state index contributed by atoms with van der Waals surface area (Å²) in [4.78, 5) is 40.5. The van der Waals surface area contributed by atoms with E-state index in [4.69, 9.17) is 9.26 Å². The normalized spacial score (nSPS) is 11.5. The van der Waals surface area contributed by atoms with E-state index >= 15 is 0 Å². The largest absolute Gasteiger partial charge is 0.467 e. The lowest BCUT2D eigenvalue weighted by molar-refractivity contribution is -0.144. The van der Waals surface area contributed by atoms with E-state index in [2.05, 4.69) is 26.1 Å². The van der Waals surface area contributed by atoms with Gasteiger partial charge >= 0.3 is 23.8 Å². The molecule has 172 valence electrons. The molecule has 1 aromatic heterocycles. The molecule has 0 spiro atoms. The third kappa shape index (κ3) is 6.16. The minimum Gasteiger partial charge on any atom is -0.467 e. The molecule has 3 rings (SSSR count). The standard InChI is InChI=1S/C23H25N5O5/c1-13(2)18(22(30)32-4)26-20(29)21-27-19(28-33-21)15-7-11-17(12-8-15)25-23(31)24-16-9-5-14(3)6-10-16/h5-13,18H,1-4H3,(H,26,29)(H2,24,25,31)/t18-/m0/s1. The van der Waals surface area contributed by atoms with Crippen LogP contribution in [-0.4, -0.2) is 41.2 Å². The lowest BCUT2D eigenvalue weighted by Gasteiger charge is -2.18. The number of aromatic nitrogens is 2. The molecule has 10 heteroatoms. The predicted molar refractivity (Wildman–Crippen MR) is 122 cm³/mol. The molecule has 0 unspecified atom stereocenters. The lowest BCUT2D eigenvalue weighted by Crippen LogP contribution is -2.45. The maximum Gasteiger partial charge on any atom is 0.328 e. The number of methoxy groups -OCH3 is 1. The molecule has 0 aliphatic rings. The number of hydrogen-bond donors (Lipinski definition) is 3. The summed E-state index contributed by atoms with van der Waals surface area (Å²) in [7, 11) is 1.25. The maximum absolute atomic E-state index is 12.4. The summed E-state index contributed by atoms with van der Waals surface area (Å²) in [5.74, 6) is -1.52. The number of nitrogens with one attached hydrogen (secondary N) is 3. The van der Waals surface area contributed by atoms with Gasteiger partial charge < -0.3 is 25.2 Å². The predicted octanol–water partition coefficient (Wildman–Crippen LogP) is 3.62. The lowest BCUT2D eigenvalue weighted by atomic mass is 10.0. The van der Waals surface area contributed by atoms with Gasteiger partial charge in [0.2, 0.25) is 5.82 Å². The van der Waals surface area contributed by atoms with Crippen molar-refractivity contribution >= 4 is 29.3 Å². The first-order valence-corrected chi connectivity index (χ1v) is 10.2. The van der Waals surface area contributed by atoms with Gasteiger partial charge in [0.25, 0.3) is 0 Å². The van der Waals surface area contributed by atoms with Crippen LogP contribution in [0.15, 0.2) is 53.1 Å². The molecule has 0 saturated heterocycles. The van der Waals surface area contributed by atoms with Crippen molar-refractivity contribution in [2.45, 2.75) is 26.8 Å². The zero-order valence-corrected chi connectivity index (χ0v) is 18.7. The van der Waals surface area contributed by atoms with Gasteiger partial charge in [0.15, 0.2) is 0 Å². The molecular weight excluding hydrogens is 426 g/mol. The second-order valence-corrected chi connectivity index (χ2v) is 7.66. The molecule has 0 aliphatic heterocycles. The fraction of sp³-hybridized carbons (Fsp3) is 0.261. The van der Waals surface area contributed by atoms with Crippen LogP contribution >= 0.6 is 0 Å². The van der Waals surface area contributed by atoms with Gasteiger partial charge in [-0.3, -0.25) is 4.79 Å². The van der Waals surface area contributed by atoms with E-state index in [9.17, 15) is 14.4 Å². The van der Waals surface area contributed by atoms with Gasteiger partial charge in [0.1, 0.15) is 6.04 Å². The van der Waals surface area contributed by atoms with Crippen LogP contribution in [-0.2, 0) is 9.53 Å². The quantitative estimate of drug-likeness (QED) is 0.467. The van der Waals surface area contributed by atoms with Crippen LogP contribution in [0.3, 0.4) is 0 Å². The van der Waals surface area contributed by atoms with E-state index in [0.29, 0.717) is 16.9 Å². The fourth-order valence-electron chi connectivity index (χ4n) is 2.89. The van der Waals surface area contributed by atoms with Gasteiger partial charge in [-0.05, 0) is 49.2 Å². The summed E-state index contributed by atoms with van der Waals surface area (Å²) >= 11 is 0. The van der Waals surface area contributed by atoms with Crippen LogP contribution in [0.1, 0.15) is 30.1 Å². The van der Waals surface area contributed by atoms with Crippen molar-refractivity contribution in [2.75, 3.05) is 17.7 Å². The minimum absolute atomic E-state index is 0.188. The number of carbonyl (C=O) groups excluding carboxylic acids is 3. The summed E-state index contributed by atoms with van der Waals surface area (Å²) in [5, 5.41) is 11.8. The van der Waals surface area contributed by atoms with Crippen LogP contribution < -0.4 is 16.0 Å². The molecule has 3 aromatic rings. The van der Waals surface area contributed by atoms with Crippen molar-refractivity contribution in [1.29, 1.82) is 0 Å². The van der Waals surface area contributed by atoms with Gasteiger partial charge in [-0.25, -0.2) is 9.59 Å². The average Bonchev–Trinajstić information content (AvgIpc) is 3.29. The SMILES string of the molecule is COC(=O)[C@@H](NC(=O)c1nc(-c2ccc(NC(=O)Nc3ccc(C)cc3)cc2)no1)C(C)C. The molecule has 33 heavy (non-hydrogen) atoms. The third-order valence-corrected chi connectivity index (χ3v) is 4.74. The van der Waals surface area contributed by atoms with Crippen molar-refractivity contribution in [3.8, 4) is 11.4 Å². The highest BCUT2D eigenvalue weighted by Crippen LogP contribution is 2.19. The van der Waals surface area contributed by atoms with Crippen LogP contribution in [0.4, 0.5) is 16.2 Å². The summed E-state index contributed by atoms with van der Waals surface area (Å²) in [6, 6.07) is 12.9. The highest BCUT2D eigenvalue weighted by molar-refractivity contribution is 5.99. The maximum atomic E-state index is 12.4. The van der Waals surface area contributed by atoms with Crippen molar-refractivity contribution in [3.63, 3.8) is 0 Å². The van der Waals surface area contributed by atoms with Crippen molar-refractivity contribution in [3.05, 3.63) is 60.0 Å². The van der Waals surface area contributed by atoms with Gasteiger partial charge in [0, 0.05) is 16.9 Å². The Kier molecular flexibility index (Phi) is 7.39. The molecule has 0 fully saturated rings. The summed E-state index contributed by atoms with van der Waals surface area (Å²) in [6.07, 6.45) is 0. The number of nitrogens with zero attached hydrogens (tertiary/aromatic N) is 2. The number of ether oxygens (including phenoxy) is 1. The average molecular weight is 451 g/mol. The smallest absolute Gasteiger partial charge is 0.328 e. The van der Waals surface area contributed by atoms with E-state index in [1.807, 2.05) is 31.2 Å². The first-order valence-electron chi connectivity index (χ1n) is 10.2. The molecule has 1 heterocycles. The highest BCUT2D eigenvalue weighted by Gasteiger charge is 2.27. The Morgan fingerprint density at radius 2 is 1.52 bits per heavy atom. The zero-order valence-electron chi connectivity index (χ0n) is 18.7. The number of esters is 1. The fourth-order valence-corrected chi connectivity index (χ4v) is 2.89. The summed E-state index contributed by atoms with van der Waals surface area (Å²) < 4.78 is 9.75. The van der Waals surface area contributed by atoms with Crippen molar-refractivity contribution in [2.24, 2.45) is 5.92 Å². The Morgan fingerprint density at radius 1 is 0.939 bits per heavy atom. The van der Waals surface area contributed by atoms with Crippen LogP contribution in [0, 0.1) is 12.8 Å². The van der Waals surface area contributed by atoms with Crippen LogP contribution in [0.2, 0.25) is 0 Å². The Bertz CT molecular complexity index is 1120. The highest BCUT2D eigenvalue weighted by atomic mass is 16.5. The van der Waals surface area contributed by atoms with Crippen molar-refractivity contribution < 1.29 is 23.6 Å². The molecular formula is C23H25N5O5. The van der Waals surface area contributed by atoms with Gasteiger partial charge in [0.05, 0.1) is 7.11 Å². The molecule has 1 atom stereocenters. The zero-order chi connectivity index (χ0) is 24.0. The molecule has 0 radical (unpaired) electrons. The molecule has 0 saturated carbocycles. The molecule has 0 aliphatic carbocycles. The number of urea groups is 1. The Labute approximate surface area is 190 Å². The molecule has 3 amide bonds. The monoisotopic (exact) mass is 451 g/mol. The van der Waals surface area contributed by atoms with Gasteiger partial charge in [-0.2, -0.15) is 4.98 Å². The Balaban J connectivity index is 1.62. The molecule has 2 aromatic carbocycles. The number of anilines is 2. The van der Waals surface area contributed by atoms with Crippen LogP contribution in [0.25, 0.3) is 11.4 Å². The van der Waals surface area contributed by atoms with Crippen LogP contribution in [0.5, 0.6) is 0 Å². The molecule has 3 N–H and O–H groups in total. The minimum atomic E-state index is -0.839. The summed E-state index contributed by atoms with van der Waals surface area (Å²) in [6.45, 7) is 5.52. The van der Waals surface area contributed by atoms with Gasteiger partial charge in [-0.1, -0.05) is 36.7 Å². The number of rotatable bonds is 7. The number of amides is 3. The first-order chi connectivity index (χ1) is 15.8. The topological polar surface area (TPSA) is 135 Å². The second-order valence-electron chi connectivity index (χ2n) is 7.66. The van der Waals surface area contributed by atoms with E-state index in [0.717, 1.165) is 5.56 Å². The number of carbonyl (C=O) groups is 3.